The number of phenolic OH excluding ortho intramolecular Hbond substituents is 1. The van der Waals surface area contributed by atoms with Crippen LogP contribution in [0.3, 0.4) is 0 Å². The van der Waals surface area contributed by atoms with Crippen molar-refractivity contribution in [2.45, 2.75) is 18.9 Å². The van der Waals surface area contributed by atoms with Crippen LogP contribution in [-0.2, 0) is 4.79 Å². The Morgan fingerprint density at radius 2 is 1.94 bits per heavy atom. The Hall–Kier alpha value is -1.46. The Morgan fingerprint density at radius 3 is 2.47 bits per heavy atom. The third-order valence-corrected chi connectivity index (χ3v) is 2.21. The molecule has 0 aliphatic rings. The van der Waals surface area contributed by atoms with E-state index in [-0.39, 0.29) is 18.2 Å². The fraction of sp³-hybridized carbons (Fsp3) is 0.364. The number of carboxylic acid groups (broad SMARTS) is 1. The number of hydrogen-bond donors (Lipinski definition) is 4. The summed E-state index contributed by atoms with van der Waals surface area (Å²) in [6, 6.07) is 5.90. The Kier molecular flexibility index (Phi) is 7.09. The molecule has 1 aromatic rings. The van der Waals surface area contributed by atoms with Crippen molar-refractivity contribution >= 4 is 24.1 Å². The average Bonchev–Trinajstić information content (AvgIpc) is 2.26. The maximum Gasteiger partial charge on any atom is 0.320 e. The monoisotopic (exact) mass is 260 g/mol. The van der Waals surface area contributed by atoms with Crippen LogP contribution in [0.2, 0.25) is 0 Å². The molecule has 0 spiro atoms. The second-order valence-corrected chi connectivity index (χ2v) is 3.56. The number of rotatable bonds is 6. The molecule has 0 heterocycles. The molecule has 17 heavy (non-hydrogen) atoms. The summed E-state index contributed by atoms with van der Waals surface area (Å²) in [6.45, 7) is 0.658. The minimum Gasteiger partial charge on any atom is -0.508 e. The van der Waals surface area contributed by atoms with Crippen LogP contribution in [0.15, 0.2) is 24.3 Å². The fourth-order valence-electron chi connectivity index (χ4n) is 1.26. The number of aromatic hydroxyl groups is 1. The second-order valence-electron chi connectivity index (χ2n) is 3.56. The molecule has 96 valence electrons. The standard InChI is InChI=1S/C11H16N2O3.ClH/c12-10(11(15)16)2-1-7-13-8-3-5-9(14)6-4-8;/h3-6,10,13-14H,1-2,7,12H2,(H,15,16);1H. The predicted molar refractivity (Wildman–Crippen MR) is 68.7 cm³/mol. The molecule has 0 fully saturated rings. The van der Waals surface area contributed by atoms with Gasteiger partial charge in [-0.25, -0.2) is 0 Å². The normalized spacial score (nSPS) is 11.4. The van der Waals surface area contributed by atoms with Crippen molar-refractivity contribution in [3.8, 4) is 5.75 Å². The van der Waals surface area contributed by atoms with Gasteiger partial charge in [0.15, 0.2) is 0 Å². The van der Waals surface area contributed by atoms with Crippen molar-refractivity contribution in [1.29, 1.82) is 0 Å². The summed E-state index contributed by atoms with van der Waals surface area (Å²) in [4.78, 5) is 10.4. The Labute approximate surface area is 106 Å². The van der Waals surface area contributed by atoms with Gasteiger partial charge in [0.1, 0.15) is 11.8 Å². The molecule has 1 rings (SSSR count). The highest BCUT2D eigenvalue weighted by Crippen LogP contribution is 2.13. The van der Waals surface area contributed by atoms with Crippen molar-refractivity contribution in [3.05, 3.63) is 24.3 Å². The van der Waals surface area contributed by atoms with Crippen molar-refractivity contribution in [2.24, 2.45) is 5.73 Å². The molecule has 0 saturated carbocycles. The topological polar surface area (TPSA) is 95.6 Å². The molecule has 0 amide bonds. The van der Waals surface area contributed by atoms with E-state index >= 15 is 0 Å². The van der Waals surface area contributed by atoms with Gasteiger partial charge in [-0.1, -0.05) is 0 Å². The molecule has 5 N–H and O–H groups in total. The number of carbonyl (C=O) groups is 1. The molecule has 1 unspecified atom stereocenters. The summed E-state index contributed by atoms with van der Waals surface area (Å²) >= 11 is 0. The number of benzene rings is 1. The van der Waals surface area contributed by atoms with Crippen LogP contribution in [-0.4, -0.2) is 28.8 Å². The van der Waals surface area contributed by atoms with E-state index in [0.29, 0.717) is 19.4 Å². The maximum atomic E-state index is 10.4. The summed E-state index contributed by atoms with van der Waals surface area (Å²) in [5, 5.41) is 20.7. The SMILES string of the molecule is Cl.NC(CCCNc1ccc(O)cc1)C(=O)O. The minimum absolute atomic E-state index is 0. The van der Waals surface area contributed by atoms with Gasteiger partial charge in [-0.2, -0.15) is 0 Å². The van der Waals surface area contributed by atoms with E-state index < -0.39 is 12.0 Å². The van der Waals surface area contributed by atoms with E-state index in [1.807, 2.05) is 0 Å². The first-order valence-corrected chi connectivity index (χ1v) is 5.11. The summed E-state index contributed by atoms with van der Waals surface area (Å²) in [5.74, 6) is -0.747. The van der Waals surface area contributed by atoms with Gasteiger partial charge in [0, 0.05) is 12.2 Å². The van der Waals surface area contributed by atoms with E-state index in [9.17, 15) is 4.79 Å². The average molecular weight is 261 g/mol. The van der Waals surface area contributed by atoms with Crippen molar-refractivity contribution in [1.82, 2.24) is 0 Å². The van der Waals surface area contributed by atoms with Gasteiger partial charge in [0.05, 0.1) is 0 Å². The number of phenols is 1. The van der Waals surface area contributed by atoms with Crippen LogP contribution in [0.4, 0.5) is 5.69 Å². The summed E-state index contributed by atoms with van der Waals surface area (Å²) in [7, 11) is 0. The number of hydrogen-bond acceptors (Lipinski definition) is 4. The largest absolute Gasteiger partial charge is 0.508 e. The van der Waals surface area contributed by atoms with Gasteiger partial charge in [-0.05, 0) is 37.1 Å². The lowest BCUT2D eigenvalue weighted by Crippen LogP contribution is -2.30. The molecule has 0 aliphatic heterocycles. The van der Waals surface area contributed by atoms with E-state index in [1.165, 1.54) is 0 Å². The first kappa shape index (κ1) is 15.5. The smallest absolute Gasteiger partial charge is 0.320 e. The van der Waals surface area contributed by atoms with Crippen LogP contribution >= 0.6 is 12.4 Å². The highest BCUT2D eigenvalue weighted by atomic mass is 35.5. The van der Waals surface area contributed by atoms with E-state index in [0.717, 1.165) is 5.69 Å². The number of halogens is 1. The van der Waals surface area contributed by atoms with Gasteiger partial charge >= 0.3 is 5.97 Å². The van der Waals surface area contributed by atoms with Crippen molar-refractivity contribution < 1.29 is 15.0 Å². The third-order valence-electron chi connectivity index (χ3n) is 2.21. The van der Waals surface area contributed by atoms with Crippen LogP contribution in [0, 0.1) is 0 Å². The van der Waals surface area contributed by atoms with Gasteiger partial charge < -0.3 is 21.3 Å². The first-order chi connectivity index (χ1) is 7.59. The maximum absolute atomic E-state index is 10.4. The Balaban J connectivity index is 0.00000256. The molecule has 5 nitrogen and oxygen atoms in total. The zero-order chi connectivity index (χ0) is 12.0. The van der Waals surface area contributed by atoms with Gasteiger partial charge in [0.2, 0.25) is 0 Å². The first-order valence-electron chi connectivity index (χ1n) is 5.11. The lowest BCUT2D eigenvalue weighted by molar-refractivity contribution is -0.138. The molecule has 0 aromatic heterocycles. The lowest BCUT2D eigenvalue weighted by atomic mass is 10.1. The summed E-state index contributed by atoms with van der Waals surface area (Å²) in [5.41, 5.74) is 6.25. The molecular weight excluding hydrogens is 244 g/mol. The van der Waals surface area contributed by atoms with E-state index in [1.54, 1.807) is 24.3 Å². The zero-order valence-corrected chi connectivity index (χ0v) is 10.1. The van der Waals surface area contributed by atoms with Crippen LogP contribution in [0.25, 0.3) is 0 Å². The number of carboxylic acids is 1. The van der Waals surface area contributed by atoms with E-state index in [4.69, 9.17) is 15.9 Å². The minimum atomic E-state index is -0.968. The van der Waals surface area contributed by atoms with E-state index in [2.05, 4.69) is 5.32 Å². The number of nitrogens with one attached hydrogen (secondary N) is 1. The van der Waals surface area contributed by atoms with Crippen LogP contribution < -0.4 is 11.1 Å². The summed E-state index contributed by atoms with van der Waals surface area (Å²) < 4.78 is 0. The predicted octanol–water partition coefficient (Wildman–Crippen LogP) is 1.42. The quantitative estimate of drug-likeness (QED) is 0.458. The second kappa shape index (κ2) is 7.76. The number of nitrogens with two attached hydrogens (primary N) is 1. The zero-order valence-electron chi connectivity index (χ0n) is 9.30. The van der Waals surface area contributed by atoms with Gasteiger partial charge in [-0.3, -0.25) is 4.79 Å². The van der Waals surface area contributed by atoms with Gasteiger partial charge in [0.25, 0.3) is 0 Å². The lowest BCUT2D eigenvalue weighted by Gasteiger charge is -2.08. The Morgan fingerprint density at radius 1 is 1.35 bits per heavy atom. The molecule has 1 aromatic carbocycles. The fourth-order valence-corrected chi connectivity index (χ4v) is 1.26. The molecule has 0 radical (unpaired) electrons. The molecule has 6 heteroatoms. The Bertz CT molecular complexity index is 343. The van der Waals surface area contributed by atoms with Crippen molar-refractivity contribution in [3.63, 3.8) is 0 Å². The van der Waals surface area contributed by atoms with Crippen LogP contribution in [0.5, 0.6) is 5.75 Å². The summed E-state index contributed by atoms with van der Waals surface area (Å²) in [6.07, 6.45) is 1.13. The van der Waals surface area contributed by atoms with Crippen LogP contribution in [0.1, 0.15) is 12.8 Å². The van der Waals surface area contributed by atoms with Crippen molar-refractivity contribution in [2.75, 3.05) is 11.9 Å². The number of anilines is 1. The van der Waals surface area contributed by atoms with Gasteiger partial charge in [-0.15, -0.1) is 12.4 Å². The molecule has 0 bridgehead atoms. The molecule has 0 saturated heterocycles. The highest BCUT2D eigenvalue weighted by Gasteiger charge is 2.09. The molecule has 0 aliphatic carbocycles. The highest BCUT2D eigenvalue weighted by molar-refractivity contribution is 5.85. The number of aliphatic carboxylic acids is 1. The molecule has 1 atom stereocenters. The molecular formula is C11H17ClN2O3. The third kappa shape index (κ3) is 5.99.